The van der Waals surface area contributed by atoms with Crippen molar-refractivity contribution in [1.82, 2.24) is 20.2 Å². The van der Waals surface area contributed by atoms with Crippen LogP contribution >= 0.6 is 0 Å². The summed E-state index contributed by atoms with van der Waals surface area (Å²) in [6.45, 7) is 0.818. The number of fused-ring (bicyclic) bond motifs is 1. The molecule has 0 atom stereocenters. The number of aromatic nitrogens is 4. The van der Waals surface area contributed by atoms with Crippen LogP contribution in [-0.4, -0.2) is 41.2 Å². The van der Waals surface area contributed by atoms with E-state index in [2.05, 4.69) is 25.5 Å². The molecule has 1 aliphatic rings. The summed E-state index contributed by atoms with van der Waals surface area (Å²) < 4.78 is 21.5. The topological polar surface area (TPSA) is 103 Å². The Morgan fingerprint density at radius 1 is 1.00 bits per heavy atom. The quantitative estimate of drug-likeness (QED) is 0.454. The van der Waals surface area contributed by atoms with Gasteiger partial charge in [-0.15, -0.1) is 0 Å². The van der Waals surface area contributed by atoms with Gasteiger partial charge in [-0.2, -0.15) is 5.10 Å². The molecular formula is C23H21N5O4. The molecule has 3 heterocycles. The van der Waals surface area contributed by atoms with E-state index in [9.17, 15) is 0 Å². The van der Waals surface area contributed by atoms with E-state index in [1.54, 1.807) is 26.5 Å². The Labute approximate surface area is 184 Å². The molecule has 1 aliphatic heterocycles. The van der Waals surface area contributed by atoms with Crippen LogP contribution in [0.1, 0.15) is 5.56 Å². The van der Waals surface area contributed by atoms with E-state index in [-0.39, 0.29) is 6.79 Å². The first-order chi connectivity index (χ1) is 15.7. The summed E-state index contributed by atoms with van der Waals surface area (Å²) in [5, 5.41) is 10.8. The van der Waals surface area contributed by atoms with E-state index in [1.165, 1.54) is 0 Å². The van der Waals surface area contributed by atoms with E-state index in [0.29, 0.717) is 35.5 Å². The number of H-pyrrole nitrogens is 1. The number of pyridine rings is 1. The Kier molecular flexibility index (Phi) is 5.20. The van der Waals surface area contributed by atoms with Crippen LogP contribution in [0.4, 0.5) is 5.82 Å². The first-order valence-corrected chi connectivity index (χ1v) is 9.97. The predicted molar refractivity (Wildman–Crippen MR) is 118 cm³/mol. The number of benzene rings is 2. The molecule has 2 aromatic heterocycles. The lowest BCUT2D eigenvalue weighted by Gasteiger charge is -2.09. The first kappa shape index (κ1) is 19.7. The minimum Gasteiger partial charge on any atom is -0.497 e. The molecule has 0 amide bonds. The number of aromatic amines is 1. The van der Waals surface area contributed by atoms with Gasteiger partial charge in [0, 0.05) is 24.4 Å². The smallest absolute Gasteiger partial charge is 0.231 e. The van der Waals surface area contributed by atoms with Gasteiger partial charge < -0.3 is 24.3 Å². The van der Waals surface area contributed by atoms with Gasteiger partial charge in [0.05, 0.1) is 19.8 Å². The van der Waals surface area contributed by atoms with Gasteiger partial charge in [0.25, 0.3) is 0 Å². The SMILES string of the molecule is COc1cc(OC)cc(-c2n[nH]c(-c3cccnc3NCc3ccc4c(c3)OCO4)n2)c1. The van der Waals surface area contributed by atoms with Crippen LogP contribution in [0.2, 0.25) is 0 Å². The van der Waals surface area contributed by atoms with E-state index < -0.39 is 0 Å². The normalized spacial score (nSPS) is 11.9. The minimum atomic E-state index is 0.254. The highest BCUT2D eigenvalue weighted by atomic mass is 16.7. The van der Waals surface area contributed by atoms with Crippen molar-refractivity contribution in [2.24, 2.45) is 0 Å². The maximum atomic E-state index is 5.46. The molecule has 0 radical (unpaired) electrons. The first-order valence-electron chi connectivity index (χ1n) is 9.97. The van der Waals surface area contributed by atoms with Crippen molar-refractivity contribution < 1.29 is 18.9 Å². The van der Waals surface area contributed by atoms with Crippen molar-refractivity contribution in [3.63, 3.8) is 0 Å². The third-order valence-corrected chi connectivity index (χ3v) is 5.05. The maximum absolute atomic E-state index is 5.46. The molecule has 32 heavy (non-hydrogen) atoms. The average Bonchev–Trinajstić information content (AvgIpc) is 3.52. The number of methoxy groups -OCH3 is 2. The molecule has 9 nitrogen and oxygen atoms in total. The van der Waals surface area contributed by atoms with Crippen LogP contribution in [-0.2, 0) is 6.54 Å². The number of nitrogens with zero attached hydrogens (tertiary/aromatic N) is 3. The zero-order valence-corrected chi connectivity index (χ0v) is 17.6. The van der Waals surface area contributed by atoms with Crippen LogP contribution in [0.25, 0.3) is 22.8 Å². The largest absolute Gasteiger partial charge is 0.497 e. The fourth-order valence-electron chi connectivity index (χ4n) is 3.42. The lowest BCUT2D eigenvalue weighted by atomic mass is 10.2. The second kappa shape index (κ2) is 8.46. The molecule has 162 valence electrons. The second-order valence-corrected chi connectivity index (χ2v) is 7.05. The van der Waals surface area contributed by atoms with E-state index in [1.807, 2.05) is 42.5 Å². The van der Waals surface area contributed by atoms with Gasteiger partial charge in [-0.05, 0) is 42.0 Å². The highest BCUT2D eigenvalue weighted by Crippen LogP contribution is 2.33. The Morgan fingerprint density at radius 3 is 2.62 bits per heavy atom. The number of nitrogens with one attached hydrogen (secondary N) is 2. The van der Waals surface area contributed by atoms with Gasteiger partial charge in [-0.25, -0.2) is 9.97 Å². The number of hydrogen-bond donors (Lipinski definition) is 2. The lowest BCUT2D eigenvalue weighted by Crippen LogP contribution is -2.03. The molecule has 0 saturated heterocycles. The Hall–Kier alpha value is -4.27. The van der Waals surface area contributed by atoms with Gasteiger partial charge >= 0.3 is 0 Å². The third-order valence-electron chi connectivity index (χ3n) is 5.05. The minimum absolute atomic E-state index is 0.254. The maximum Gasteiger partial charge on any atom is 0.231 e. The molecular weight excluding hydrogens is 410 g/mol. The van der Waals surface area contributed by atoms with Crippen molar-refractivity contribution in [2.75, 3.05) is 26.3 Å². The highest BCUT2D eigenvalue weighted by Gasteiger charge is 2.16. The van der Waals surface area contributed by atoms with E-state index >= 15 is 0 Å². The van der Waals surface area contributed by atoms with Crippen molar-refractivity contribution >= 4 is 5.82 Å². The lowest BCUT2D eigenvalue weighted by molar-refractivity contribution is 0.174. The summed E-state index contributed by atoms with van der Waals surface area (Å²) in [7, 11) is 3.21. The summed E-state index contributed by atoms with van der Waals surface area (Å²) in [4.78, 5) is 9.15. The van der Waals surface area contributed by atoms with Crippen LogP contribution in [0.3, 0.4) is 0 Å². The summed E-state index contributed by atoms with van der Waals surface area (Å²) in [5.74, 6) is 4.66. The summed E-state index contributed by atoms with van der Waals surface area (Å²) in [5.41, 5.74) is 2.64. The average molecular weight is 431 g/mol. The molecule has 9 heteroatoms. The summed E-state index contributed by atoms with van der Waals surface area (Å²) >= 11 is 0. The molecule has 5 rings (SSSR count). The fourth-order valence-corrected chi connectivity index (χ4v) is 3.42. The van der Waals surface area contributed by atoms with Gasteiger partial charge in [0.2, 0.25) is 6.79 Å². The zero-order chi connectivity index (χ0) is 21.9. The summed E-state index contributed by atoms with van der Waals surface area (Å²) in [6, 6.07) is 15.2. The number of anilines is 1. The van der Waals surface area contributed by atoms with Crippen LogP contribution in [0.5, 0.6) is 23.0 Å². The number of hydrogen-bond acceptors (Lipinski definition) is 8. The Bertz CT molecular complexity index is 1230. The van der Waals surface area contributed by atoms with Gasteiger partial charge in [0.1, 0.15) is 17.3 Å². The molecule has 0 spiro atoms. The van der Waals surface area contributed by atoms with Gasteiger partial charge in [-0.1, -0.05) is 6.07 Å². The molecule has 0 saturated carbocycles. The highest BCUT2D eigenvalue weighted by molar-refractivity contribution is 5.72. The number of ether oxygens (including phenoxy) is 4. The molecule has 4 aromatic rings. The molecule has 2 N–H and O–H groups in total. The second-order valence-electron chi connectivity index (χ2n) is 7.05. The predicted octanol–water partition coefficient (Wildman–Crippen LogP) is 3.89. The van der Waals surface area contributed by atoms with Crippen molar-refractivity contribution in [3.05, 3.63) is 60.3 Å². The molecule has 0 bridgehead atoms. The van der Waals surface area contributed by atoms with E-state index in [4.69, 9.17) is 18.9 Å². The molecule has 0 fully saturated rings. The molecule has 0 unspecified atom stereocenters. The van der Waals surface area contributed by atoms with Crippen molar-refractivity contribution in [2.45, 2.75) is 6.54 Å². The standard InChI is InChI=1S/C23H21N5O4/c1-29-16-9-15(10-17(11-16)30-2)21-26-23(28-27-21)18-4-3-7-24-22(18)25-12-14-5-6-19-20(8-14)32-13-31-19/h3-11H,12-13H2,1-2H3,(H,24,25)(H,26,27,28). The third kappa shape index (κ3) is 3.87. The molecule has 2 aromatic carbocycles. The van der Waals surface area contributed by atoms with E-state index in [0.717, 1.165) is 28.2 Å². The van der Waals surface area contributed by atoms with Gasteiger partial charge in [0.15, 0.2) is 23.1 Å². The monoisotopic (exact) mass is 431 g/mol. The van der Waals surface area contributed by atoms with Crippen LogP contribution in [0, 0.1) is 0 Å². The molecule has 0 aliphatic carbocycles. The summed E-state index contributed by atoms with van der Waals surface area (Å²) in [6.07, 6.45) is 1.73. The van der Waals surface area contributed by atoms with Crippen molar-refractivity contribution in [3.8, 4) is 45.8 Å². The Morgan fingerprint density at radius 2 is 1.81 bits per heavy atom. The zero-order valence-electron chi connectivity index (χ0n) is 17.6. The van der Waals surface area contributed by atoms with Crippen LogP contribution < -0.4 is 24.3 Å². The fraction of sp³-hybridized carbons (Fsp3) is 0.174. The van der Waals surface area contributed by atoms with Gasteiger partial charge in [-0.3, -0.25) is 5.10 Å². The van der Waals surface area contributed by atoms with Crippen LogP contribution in [0.15, 0.2) is 54.7 Å². The Balaban J connectivity index is 1.39. The van der Waals surface area contributed by atoms with Crippen molar-refractivity contribution in [1.29, 1.82) is 0 Å². The number of rotatable bonds is 7.